The minimum absolute atomic E-state index is 0.206. The van der Waals surface area contributed by atoms with E-state index in [1.807, 2.05) is 0 Å². The fraction of sp³-hybridized carbons (Fsp3) is 0.143. The van der Waals surface area contributed by atoms with Crippen LogP contribution in [-0.4, -0.2) is 0 Å². The molecule has 0 aliphatic carbocycles. The fourth-order valence-electron chi connectivity index (χ4n) is 1.73. The molecular weight excluding hydrogens is 324 g/mol. The minimum Gasteiger partial charge on any atom is -0.207 e. The highest BCUT2D eigenvalue weighted by Crippen LogP contribution is 2.29. The number of hydrogen-bond acceptors (Lipinski definition) is 0. The molecule has 19 heavy (non-hydrogen) atoms. The number of halogens is 5. The summed E-state index contributed by atoms with van der Waals surface area (Å²) < 4.78 is 52.5. The van der Waals surface area contributed by atoms with E-state index >= 15 is 0 Å². The normalized spacial score (nSPS) is 12.5. The third kappa shape index (κ3) is 3.15. The number of rotatable bonds is 3. The van der Waals surface area contributed by atoms with Gasteiger partial charge in [0, 0.05) is 4.83 Å². The maximum Gasteiger partial charge on any atom is 0.194 e. The Labute approximate surface area is 116 Å². The molecule has 0 N–H and O–H groups in total. The van der Waals surface area contributed by atoms with Crippen molar-refractivity contribution in [2.45, 2.75) is 11.2 Å². The van der Waals surface area contributed by atoms with Crippen molar-refractivity contribution in [3.8, 4) is 0 Å². The SMILES string of the molecule is Fc1ccccc1CC(Br)c1cc(F)c(F)c(F)c1. The summed E-state index contributed by atoms with van der Waals surface area (Å²) in [5.74, 6) is -4.41. The first-order valence-electron chi connectivity index (χ1n) is 5.51. The van der Waals surface area contributed by atoms with Gasteiger partial charge in [-0.25, -0.2) is 17.6 Å². The maximum absolute atomic E-state index is 13.5. The molecule has 5 heteroatoms. The summed E-state index contributed by atoms with van der Waals surface area (Å²) >= 11 is 3.23. The van der Waals surface area contributed by atoms with Crippen LogP contribution in [0.2, 0.25) is 0 Å². The number of hydrogen-bond donors (Lipinski definition) is 0. The van der Waals surface area contributed by atoms with Crippen LogP contribution in [0.15, 0.2) is 36.4 Å². The van der Waals surface area contributed by atoms with E-state index in [0.29, 0.717) is 5.56 Å². The lowest BCUT2D eigenvalue weighted by Crippen LogP contribution is -2.01. The van der Waals surface area contributed by atoms with Gasteiger partial charge in [0.1, 0.15) is 5.82 Å². The lowest BCUT2D eigenvalue weighted by molar-refractivity contribution is 0.445. The summed E-state index contributed by atoms with van der Waals surface area (Å²) in [7, 11) is 0. The van der Waals surface area contributed by atoms with E-state index in [0.717, 1.165) is 12.1 Å². The zero-order valence-corrected chi connectivity index (χ0v) is 11.2. The topological polar surface area (TPSA) is 0 Å². The Bertz CT molecular complexity index is 575. The summed E-state index contributed by atoms with van der Waals surface area (Å²) in [6.07, 6.45) is 0.206. The van der Waals surface area contributed by atoms with Crippen molar-refractivity contribution in [3.05, 3.63) is 70.8 Å². The second-order valence-electron chi connectivity index (χ2n) is 4.06. The average molecular weight is 333 g/mol. The Morgan fingerprint density at radius 1 is 0.895 bits per heavy atom. The maximum atomic E-state index is 13.5. The quantitative estimate of drug-likeness (QED) is 0.425. The molecule has 0 saturated heterocycles. The van der Waals surface area contributed by atoms with Gasteiger partial charge in [0.15, 0.2) is 17.5 Å². The molecule has 0 radical (unpaired) electrons. The van der Waals surface area contributed by atoms with Gasteiger partial charge in [-0.2, -0.15) is 0 Å². The standard InChI is InChI=1S/C14H9BrF4/c15-10(5-8-3-1-2-4-11(8)16)9-6-12(17)14(19)13(18)7-9/h1-4,6-7,10H,5H2. The van der Waals surface area contributed by atoms with Crippen LogP contribution < -0.4 is 0 Å². The van der Waals surface area contributed by atoms with Crippen LogP contribution in [0, 0.1) is 23.3 Å². The van der Waals surface area contributed by atoms with Gasteiger partial charge in [-0.05, 0) is 35.7 Å². The zero-order valence-electron chi connectivity index (χ0n) is 9.64. The third-order valence-electron chi connectivity index (χ3n) is 2.72. The van der Waals surface area contributed by atoms with Crippen molar-refractivity contribution in [1.29, 1.82) is 0 Å². The van der Waals surface area contributed by atoms with E-state index in [4.69, 9.17) is 0 Å². The van der Waals surface area contributed by atoms with Gasteiger partial charge in [0.05, 0.1) is 0 Å². The third-order valence-corrected chi connectivity index (χ3v) is 3.58. The first-order valence-corrected chi connectivity index (χ1v) is 6.42. The van der Waals surface area contributed by atoms with E-state index < -0.39 is 28.1 Å². The molecule has 0 aromatic heterocycles. The van der Waals surface area contributed by atoms with Crippen molar-refractivity contribution in [1.82, 2.24) is 0 Å². The van der Waals surface area contributed by atoms with E-state index in [1.165, 1.54) is 6.07 Å². The van der Waals surface area contributed by atoms with E-state index in [1.54, 1.807) is 18.2 Å². The molecule has 0 aliphatic heterocycles. The second kappa shape index (κ2) is 5.74. The van der Waals surface area contributed by atoms with E-state index in [2.05, 4.69) is 15.9 Å². The van der Waals surface area contributed by atoms with Gasteiger partial charge in [0.25, 0.3) is 0 Å². The van der Waals surface area contributed by atoms with Gasteiger partial charge in [-0.1, -0.05) is 34.1 Å². The molecule has 1 atom stereocenters. The van der Waals surface area contributed by atoms with Gasteiger partial charge < -0.3 is 0 Å². The van der Waals surface area contributed by atoms with Crippen LogP contribution in [-0.2, 0) is 6.42 Å². The second-order valence-corrected chi connectivity index (χ2v) is 5.17. The van der Waals surface area contributed by atoms with Crippen LogP contribution in [0.3, 0.4) is 0 Å². The van der Waals surface area contributed by atoms with Crippen molar-refractivity contribution >= 4 is 15.9 Å². The number of benzene rings is 2. The van der Waals surface area contributed by atoms with Crippen LogP contribution in [0.25, 0.3) is 0 Å². The van der Waals surface area contributed by atoms with Crippen molar-refractivity contribution in [3.63, 3.8) is 0 Å². The Balaban J connectivity index is 2.26. The van der Waals surface area contributed by atoms with Crippen LogP contribution >= 0.6 is 15.9 Å². The first kappa shape index (κ1) is 14.1. The first-order chi connectivity index (χ1) is 8.99. The van der Waals surface area contributed by atoms with Gasteiger partial charge in [-0.15, -0.1) is 0 Å². The molecule has 2 rings (SSSR count). The predicted molar refractivity (Wildman–Crippen MR) is 68.1 cm³/mol. The molecular formula is C14H9BrF4. The molecule has 2 aromatic carbocycles. The highest BCUT2D eigenvalue weighted by molar-refractivity contribution is 9.09. The molecule has 2 aromatic rings. The Hall–Kier alpha value is -1.36. The molecule has 0 aliphatic rings. The predicted octanol–water partition coefficient (Wildman–Crippen LogP) is 4.92. The van der Waals surface area contributed by atoms with Crippen LogP contribution in [0.5, 0.6) is 0 Å². The van der Waals surface area contributed by atoms with E-state index in [-0.39, 0.29) is 12.0 Å². The minimum atomic E-state index is -1.51. The lowest BCUT2D eigenvalue weighted by atomic mass is 10.0. The van der Waals surface area contributed by atoms with Crippen molar-refractivity contribution < 1.29 is 17.6 Å². The van der Waals surface area contributed by atoms with Gasteiger partial charge in [0.2, 0.25) is 0 Å². The van der Waals surface area contributed by atoms with Crippen molar-refractivity contribution in [2.75, 3.05) is 0 Å². The summed E-state index contributed by atoms with van der Waals surface area (Å²) in [5, 5.41) is 0. The summed E-state index contributed by atoms with van der Waals surface area (Å²) in [6, 6.07) is 7.92. The summed E-state index contributed by atoms with van der Waals surface area (Å²) in [5.41, 5.74) is 0.633. The molecule has 0 heterocycles. The fourth-order valence-corrected chi connectivity index (χ4v) is 2.34. The Morgan fingerprint density at radius 3 is 2.05 bits per heavy atom. The number of alkyl halides is 1. The largest absolute Gasteiger partial charge is 0.207 e. The highest BCUT2D eigenvalue weighted by Gasteiger charge is 2.16. The molecule has 100 valence electrons. The highest BCUT2D eigenvalue weighted by atomic mass is 79.9. The lowest BCUT2D eigenvalue weighted by Gasteiger charge is -2.11. The summed E-state index contributed by atoms with van der Waals surface area (Å²) in [6.45, 7) is 0. The zero-order chi connectivity index (χ0) is 14.0. The van der Waals surface area contributed by atoms with Gasteiger partial charge in [-0.3, -0.25) is 0 Å². The molecule has 1 unspecified atom stereocenters. The smallest absolute Gasteiger partial charge is 0.194 e. The molecule has 0 saturated carbocycles. The van der Waals surface area contributed by atoms with Crippen LogP contribution in [0.4, 0.5) is 17.6 Å². The van der Waals surface area contributed by atoms with Gasteiger partial charge >= 0.3 is 0 Å². The Kier molecular flexibility index (Phi) is 4.24. The molecule has 0 nitrogen and oxygen atoms in total. The van der Waals surface area contributed by atoms with Crippen LogP contribution in [0.1, 0.15) is 16.0 Å². The van der Waals surface area contributed by atoms with E-state index in [9.17, 15) is 17.6 Å². The molecule has 0 spiro atoms. The molecule has 0 amide bonds. The van der Waals surface area contributed by atoms with Crippen molar-refractivity contribution in [2.24, 2.45) is 0 Å². The monoisotopic (exact) mass is 332 g/mol. The molecule has 0 bridgehead atoms. The summed E-state index contributed by atoms with van der Waals surface area (Å²) in [4.78, 5) is -0.506. The average Bonchev–Trinajstić information content (AvgIpc) is 2.38. The Morgan fingerprint density at radius 2 is 1.47 bits per heavy atom. The molecule has 0 fully saturated rings.